The van der Waals surface area contributed by atoms with Crippen LogP contribution in [0.4, 0.5) is 10.5 Å². The van der Waals surface area contributed by atoms with Gasteiger partial charge in [0.25, 0.3) is 0 Å². The fourth-order valence-corrected chi connectivity index (χ4v) is 2.91. The number of amidine groups is 1. The molecule has 1 fully saturated rings. The maximum atomic E-state index is 12.2. The average Bonchev–Trinajstić information content (AvgIpc) is 2.48. The van der Waals surface area contributed by atoms with E-state index in [4.69, 9.17) is 0 Å². The third-order valence-electron chi connectivity index (χ3n) is 3.41. The molecule has 0 unspecified atom stereocenters. The molecule has 1 aromatic carbocycles. The molecule has 1 heterocycles. The van der Waals surface area contributed by atoms with Gasteiger partial charge in [-0.05, 0) is 30.0 Å². The molecule has 1 N–H and O–H groups in total. The Hall–Kier alpha value is -1.49. The summed E-state index contributed by atoms with van der Waals surface area (Å²) in [4.78, 5) is 18.4. The van der Waals surface area contributed by atoms with Crippen LogP contribution in [0.1, 0.15) is 45.1 Å². The normalized spacial score (nSPS) is 17.4. The minimum absolute atomic E-state index is 0.0927. The molecule has 2 amide bonds. The predicted octanol–water partition coefficient (Wildman–Crippen LogP) is 4.19. The maximum absolute atomic E-state index is 12.2. The number of aliphatic imine (C=N–C) groups is 1. The van der Waals surface area contributed by atoms with Crippen LogP contribution in [-0.4, -0.2) is 23.6 Å². The molecule has 1 aliphatic heterocycles. The van der Waals surface area contributed by atoms with Gasteiger partial charge in [0.2, 0.25) is 0 Å². The van der Waals surface area contributed by atoms with Gasteiger partial charge in [-0.15, -0.1) is 0 Å². The van der Waals surface area contributed by atoms with Crippen molar-refractivity contribution in [3.8, 4) is 0 Å². The van der Waals surface area contributed by atoms with E-state index in [9.17, 15) is 4.79 Å². The fraction of sp³-hybridized carbons (Fsp3) is 0.500. The number of hydrogen-bond acceptors (Lipinski definition) is 3. The Balaban J connectivity index is 2.05. The predicted molar refractivity (Wildman–Crippen MR) is 91.2 cm³/mol. The lowest BCUT2D eigenvalue weighted by Gasteiger charge is -2.28. The topological polar surface area (TPSA) is 44.7 Å². The summed E-state index contributed by atoms with van der Waals surface area (Å²) in [6.07, 6.45) is 2.17. The minimum atomic E-state index is -0.0927. The van der Waals surface area contributed by atoms with Crippen molar-refractivity contribution >= 4 is 28.6 Å². The second-order valence-corrected chi connectivity index (χ2v) is 6.36. The Bertz CT molecular complexity index is 528. The third-order valence-corrected chi connectivity index (χ3v) is 4.30. The number of unbranched alkanes of at least 4 members (excludes halogenated alkanes) is 1. The highest BCUT2D eigenvalue weighted by Crippen LogP contribution is 2.25. The lowest BCUT2D eigenvalue weighted by Crippen LogP contribution is -2.47. The Morgan fingerprint density at radius 2 is 2.24 bits per heavy atom. The number of urea groups is 1. The molecular weight excluding hydrogens is 282 g/mol. The molecule has 0 saturated carbocycles. The number of nitrogens with zero attached hydrogens (tertiary/aromatic N) is 2. The summed E-state index contributed by atoms with van der Waals surface area (Å²) in [7, 11) is 0. The summed E-state index contributed by atoms with van der Waals surface area (Å²) in [5, 5.41) is 3.61. The summed E-state index contributed by atoms with van der Waals surface area (Å²) >= 11 is 1.58. The fourth-order valence-electron chi connectivity index (χ4n) is 2.05. The van der Waals surface area contributed by atoms with Crippen molar-refractivity contribution in [3.63, 3.8) is 0 Å². The zero-order chi connectivity index (χ0) is 15.2. The quantitative estimate of drug-likeness (QED) is 0.829. The van der Waals surface area contributed by atoms with E-state index >= 15 is 0 Å². The third kappa shape index (κ3) is 4.24. The van der Waals surface area contributed by atoms with Crippen LogP contribution in [0.5, 0.6) is 0 Å². The molecule has 5 heteroatoms. The van der Waals surface area contributed by atoms with Crippen LogP contribution in [0.15, 0.2) is 29.3 Å². The molecule has 2 rings (SSSR count). The van der Waals surface area contributed by atoms with Gasteiger partial charge in [0, 0.05) is 12.2 Å². The van der Waals surface area contributed by atoms with Gasteiger partial charge in [-0.1, -0.05) is 51.1 Å². The van der Waals surface area contributed by atoms with E-state index in [0.717, 1.165) is 30.2 Å². The summed E-state index contributed by atoms with van der Waals surface area (Å²) < 4.78 is 0. The molecular formula is C16H23N3OS. The summed E-state index contributed by atoms with van der Waals surface area (Å²) in [5.41, 5.74) is 2.19. The summed E-state index contributed by atoms with van der Waals surface area (Å²) in [6, 6.07) is 8.08. The van der Waals surface area contributed by atoms with Gasteiger partial charge in [0.1, 0.15) is 0 Å². The highest BCUT2D eigenvalue weighted by atomic mass is 32.2. The van der Waals surface area contributed by atoms with Crippen LogP contribution in [0.25, 0.3) is 0 Å². The van der Waals surface area contributed by atoms with Crippen LogP contribution < -0.4 is 10.2 Å². The van der Waals surface area contributed by atoms with Gasteiger partial charge in [-0.2, -0.15) is 0 Å². The van der Waals surface area contributed by atoms with Gasteiger partial charge >= 0.3 is 6.03 Å². The first-order chi connectivity index (χ1) is 10.1. The minimum Gasteiger partial charge on any atom is -0.287 e. The molecule has 114 valence electrons. The molecule has 0 aromatic heterocycles. The number of carbonyl (C=O) groups is 1. The Labute approximate surface area is 131 Å². The van der Waals surface area contributed by atoms with E-state index in [1.807, 2.05) is 12.1 Å². The van der Waals surface area contributed by atoms with Crippen LogP contribution in [-0.2, 0) is 0 Å². The van der Waals surface area contributed by atoms with E-state index in [0.29, 0.717) is 11.8 Å². The number of carbonyl (C=O) groups excluding carboxylic acids is 1. The van der Waals surface area contributed by atoms with Crippen LogP contribution in [0.2, 0.25) is 0 Å². The molecule has 4 nitrogen and oxygen atoms in total. The van der Waals surface area contributed by atoms with E-state index in [-0.39, 0.29) is 6.03 Å². The molecule has 21 heavy (non-hydrogen) atoms. The van der Waals surface area contributed by atoms with E-state index in [2.05, 4.69) is 43.2 Å². The average molecular weight is 305 g/mol. The van der Waals surface area contributed by atoms with Crippen molar-refractivity contribution in [2.45, 2.75) is 39.5 Å². The van der Waals surface area contributed by atoms with Crippen molar-refractivity contribution in [1.29, 1.82) is 0 Å². The number of anilines is 1. The van der Waals surface area contributed by atoms with Gasteiger partial charge in [-0.25, -0.2) is 4.79 Å². The number of benzene rings is 1. The Morgan fingerprint density at radius 1 is 1.43 bits per heavy atom. The van der Waals surface area contributed by atoms with Gasteiger partial charge < -0.3 is 0 Å². The van der Waals surface area contributed by atoms with E-state index in [1.54, 1.807) is 16.7 Å². The van der Waals surface area contributed by atoms with E-state index < -0.39 is 0 Å². The maximum Gasteiger partial charge on any atom is 0.328 e. The first-order valence-electron chi connectivity index (χ1n) is 7.47. The molecule has 1 aliphatic rings. The zero-order valence-electron chi connectivity index (χ0n) is 12.9. The molecule has 0 atom stereocenters. The molecule has 0 aliphatic carbocycles. The molecule has 1 aromatic rings. The van der Waals surface area contributed by atoms with Gasteiger partial charge in [-0.3, -0.25) is 15.2 Å². The lowest BCUT2D eigenvalue weighted by molar-refractivity contribution is 0.251. The lowest BCUT2D eigenvalue weighted by atomic mass is 10.0. The van der Waals surface area contributed by atoms with Crippen molar-refractivity contribution in [2.75, 3.05) is 17.3 Å². The molecule has 0 radical (unpaired) electrons. The number of hydrogen-bond donors (Lipinski definition) is 1. The second kappa shape index (κ2) is 7.50. The van der Waals surface area contributed by atoms with Crippen LogP contribution in [0, 0.1) is 0 Å². The summed E-state index contributed by atoms with van der Waals surface area (Å²) in [6.45, 7) is 7.23. The van der Waals surface area contributed by atoms with Crippen molar-refractivity contribution in [2.24, 2.45) is 4.99 Å². The van der Waals surface area contributed by atoms with Crippen molar-refractivity contribution in [1.82, 2.24) is 5.32 Å². The SMILES string of the molecule is CCCCN=C1NC(=O)N(c2cccc(C(C)C)c2)CS1. The van der Waals surface area contributed by atoms with Crippen molar-refractivity contribution < 1.29 is 4.79 Å². The van der Waals surface area contributed by atoms with Crippen molar-refractivity contribution in [3.05, 3.63) is 29.8 Å². The highest BCUT2D eigenvalue weighted by molar-refractivity contribution is 8.14. The first-order valence-corrected chi connectivity index (χ1v) is 8.46. The Kier molecular flexibility index (Phi) is 5.67. The van der Waals surface area contributed by atoms with E-state index in [1.165, 1.54) is 5.56 Å². The smallest absolute Gasteiger partial charge is 0.287 e. The molecule has 0 spiro atoms. The monoisotopic (exact) mass is 305 g/mol. The standard InChI is InChI=1S/C16H23N3OS/c1-4-5-9-17-15-18-16(20)19(11-21-15)14-8-6-7-13(10-14)12(2)3/h6-8,10,12H,4-5,9,11H2,1-3H3,(H,17,18,20). The summed E-state index contributed by atoms with van der Waals surface area (Å²) in [5.74, 6) is 1.06. The largest absolute Gasteiger partial charge is 0.328 e. The van der Waals surface area contributed by atoms with Crippen LogP contribution in [0.3, 0.4) is 0 Å². The molecule has 1 saturated heterocycles. The first kappa shape index (κ1) is 15.9. The van der Waals surface area contributed by atoms with Gasteiger partial charge in [0.05, 0.1) is 5.88 Å². The van der Waals surface area contributed by atoms with Gasteiger partial charge in [0.15, 0.2) is 5.17 Å². The van der Waals surface area contributed by atoms with Crippen LogP contribution >= 0.6 is 11.8 Å². The zero-order valence-corrected chi connectivity index (χ0v) is 13.7. The number of amides is 2. The number of rotatable bonds is 5. The second-order valence-electron chi connectivity index (χ2n) is 5.42. The Morgan fingerprint density at radius 3 is 2.90 bits per heavy atom. The number of thioether (sulfide) groups is 1. The molecule has 0 bridgehead atoms. The number of nitrogens with one attached hydrogen (secondary N) is 1. The highest BCUT2D eigenvalue weighted by Gasteiger charge is 2.23.